The Morgan fingerprint density at radius 3 is 2.33 bits per heavy atom. The lowest BCUT2D eigenvalue weighted by atomic mass is 9.74. The first-order valence-corrected chi connectivity index (χ1v) is 8.31. The molecular formula is C17H33N. The van der Waals surface area contributed by atoms with Gasteiger partial charge in [0.05, 0.1) is 0 Å². The van der Waals surface area contributed by atoms with E-state index in [9.17, 15) is 0 Å². The lowest BCUT2D eigenvalue weighted by molar-refractivity contribution is 0.00847. The van der Waals surface area contributed by atoms with Crippen LogP contribution in [-0.2, 0) is 0 Å². The highest BCUT2D eigenvalue weighted by atomic mass is 15.2. The van der Waals surface area contributed by atoms with Crippen LogP contribution in [0.2, 0.25) is 0 Å². The van der Waals surface area contributed by atoms with E-state index in [0.717, 1.165) is 18.1 Å². The highest BCUT2D eigenvalue weighted by Gasteiger charge is 2.36. The van der Waals surface area contributed by atoms with E-state index in [1.165, 1.54) is 57.8 Å². The molecule has 106 valence electrons. The second kappa shape index (κ2) is 5.94. The first kappa shape index (κ1) is 14.4. The molecule has 1 heterocycles. The normalized spacial score (nSPS) is 34.7. The standard InChI is InChI=1S/C17H33N/c1-5-7-15-9-6-8-14(2)18(15)16-10-12-17(3,4)13-11-16/h14-16H,5-13H2,1-4H3/t14-,15+/m0/s1. The van der Waals surface area contributed by atoms with E-state index >= 15 is 0 Å². The van der Waals surface area contributed by atoms with E-state index in [2.05, 4.69) is 32.6 Å². The van der Waals surface area contributed by atoms with Crippen molar-refractivity contribution in [3.8, 4) is 0 Å². The zero-order valence-corrected chi connectivity index (χ0v) is 13.0. The highest BCUT2D eigenvalue weighted by Crippen LogP contribution is 2.40. The summed E-state index contributed by atoms with van der Waals surface area (Å²) in [6, 6.07) is 2.62. The number of rotatable bonds is 3. The van der Waals surface area contributed by atoms with Gasteiger partial charge in [-0.2, -0.15) is 0 Å². The fraction of sp³-hybridized carbons (Fsp3) is 1.00. The molecule has 1 aliphatic heterocycles. The molecule has 1 aliphatic carbocycles. The van der Waals surface area contributed by atoms with Crippen LogP contribution in [0.25, 0.3) is 0 Å². The van der Waals surface area contributed by atoms with Crippen molar-refractivity contribution in [2.75, 3.05) is 0 Å². The van der Waals surface area contributed by atoms with Crippen molar-refractivity contribution in [2.24, 2.45) is 5.41 Å². The van der Waals surface area contributed by atoms with E-state index in [1.807, 2.05) is 0 Å². The first-order chi connectivity index (χ1) is 8.53. The van der Waals surface area contributed by atoms with Gasteiger partial charge in [0, 0.05) is 18.1 Å². The quantitative estimate of drug-likeness (QED) is 0.682. The van der Waals surface area contributed by atoms with E-state index in [1.54, 1.807) is 0 Å². The number of hydrogen-bond acceptors (Lipinski definition) is 1. The molecule has 1 heteroatoms. The van der Waals surface area contributed by atoms with Crippen LogP contribution < -0.4 is 0 Å². The van der Waals surface area contributed by atoms with Gasteiger partial charge >= 0.3 is 0 Å². The summed E-state index contributed by atoms with van der Waals surface area (Å²) in [6.45, 7) is 9.72. The third kappa shape index (κ3) is 3.29. The molecule has 0 N–H and O–H groups in total. The van der Waals surface area contributed by atoms with Crippen LogP contribution in [-0.4, -0.2) is 23.0 Å². The Kier molecular flexibility index (Phi) is 4.75. The maximum atomic E-state index is 2.93. The van der Waals surface area contributed by atoms with Crippen LogP contribution in [0.5, 0.6) is 0 Å². The van der Waals surface area contributed by atoms with Gasteiger partial charge in [0.2, 0.25) is 0 Å². The van der Waals surface area contributed by atoms with Gasteiger partial charge in [-0.3, -0.25) is 4.90 Å². The minimum absolute atomic E-state index is 0.607. The van der Waals surface area contributed by atoms with Crippen molar-refractivity contribution >= 4 is 0 Å². The van der Waals surface area contributed by atoms with Crippen LogP contribution in [0, 0.1) is 5.41 Å². The third-order valence-corrected chi connectivity index (χ3v) is 5.44. The van der Waals surface area contributed by atoms with Crippen LogP contribution in [0.4, 0.5) is 0 Å². The maximum absolute atomic E-state index is 2.93. The van der Waals surface area contributed by atoms with Gasteiger partial charge < -0.3 is 0 Å². The van der Waals surface area contributed by atoms with Crippen molar-refractivity contribution < 1.29 is 0 Å². The lowest BCUT2D eigenvalue weighted by Gasteiger charge is -2.49. The molecule has 0 amide bonds. The average Bonchev–Trinajstić information content (AvgIpc) is 2.31. The molecule has 0 aromatic heterocycles. The molecule has 2 fully saturated rings. The summed E-state index contributed by atoms with van der Waals surface area (Å²) in [4.78, 5) is 2.93. The monoisotopic (exact) mass is 251 g/mol. The smallest absolute Gasteiger partial charge is 0.0101 e. The molecule has 2 rings (SSSR count). The van der Waals surface area contributed by atoms with Crippen LogP contribution in [0.1, 0.15) is 85.5 Å². The van der Waals surface area contributed by atoms with Crippen molar-refractivity contribution in [1.29, 1.82) is 0 Å². The fourth-order valence-electron chi connectivity index (χ4n) is 4.27. The molecule has 0 aromatic carbocycles. The Bertz CT molecular complexity index is 246. The van der Waals surface area contributed by atoms with Crippen molar-refractivity contribution in [3.05, 3.63) is 0 Å². The predicted octanol–water partition coefficient (Wildman–Crippen LogP) is 5.00. The van der Waals surface area contributed by atoms with E-state index < -0.39 is 0 Å². The topological polar surface area (TPSA) is 3.24 Å². The number of nitrogens with zero attached hydrogens (tertiary/aromatic N) is 1. The van der Waals surface area contributed by atoms with Gasteiger partial charge in [0.15, 0.2) is 0 Å². The molecule has 1 saturated carbocycles. The minimum atomic E-state index is 0.607. The summed E-state index contributed by atoms with van der Waals surface area (Å²) in [6.07, 6.45) is 12.9. The number of piperidine rings is 1. The fourth-order valence-corrected chi connectivity index (χ4v) is 4.27. The van der Waals surface area contributed by atoms with Gasteiger partial charge in [0.1, 0.15) is 0 Å². The molecule has 0 aromatic rings. The van der Waals surface area contributed by atoms with Gasteiger partial charge in [-0.1, -0.05) is 33.6 Å². The zero-order valence-electron chi connectivity index (χ0n) is 13.0. The van der Waals surface area contributed by atoms with E-state index in [0.29, 0.717) is 5.41 Å². The summed E-state index contributed by atoms with van der Waals surface area (Å²) < 4.78 is 0. The Balaban J connectivity index is 1.99. The van der Waals surface area contributed by atoms with Gasteiger partial charge in [0.25, 0.3) is 0 Å². The Morgan fingerprint density at radius 1 is 1.06 bits per heavy atom. The zero-order chi connectivity index (χ0) is 13.2. The van der Waals surface area contributed by atoms with Crippen molar-refractivity contribution in [3.63, 3.8) is 0 Å². The SMILES string of the molecule is CCC[C@@H]1CCC[C@H](C)N1C1CCC(C)(C)CC1. The largest absolute Gasteiger partial charge is 0.295 e. The van der Waals surface area contributed by atoms with Gasteiger partial charge in [-0.15, -0.1) is 0 Å². The maximum Gasteiger partial charge on any atom is 0.0101 e. The average molecular weight is 251 g/mol. The van der Waals surface area contributed by atoms with Crippen molar-refractivity contribution in [1.82, 2.24) is 4.90 Å². The Hall–Kier alpha value is -0.0400. The van der Waals surface area contributed by atoms with E-state index in [-0.39, 0.29) is 0 Å². The van der Waals surface area contributed by atoms with Gasteiger partial charge in [-0.25, -0.2) is 0 Å². The molecule has 2 atom stereocenters. The molecular weight excluding hydrogens is 218 g/mol. The summed E-state index contributed by atoms with van der Waals surface area (Å²) in [7, 11) is 0. The molecule has 0 bridgehead atoms. The van der Waals surface area contributed by atoms with Crippen LogP contribution >= 0.6 is 0 Å². The molecule has 0 radical (unpaired) electrons. The van der Waals surface area contributed by atoms with E-state index in [4.69, 9.17) is 0 Å². The predicted molar refractivity (Wildman–Crippen MR) is 79.9 cm³/mol. The first-order valence-electron chi connectivity index (χ1n) is 8.31. The molecule has 1 nitrogen and oxygen atoms in total. The lowest BCUT2D eigenvalue weighted by Crippen LogP contribution is -2.52. The Labute approximate surface area is 114 Å². The summed E-state index contributed by atoms with van der Waals surface area (Å²) in [5.74, 6) is 0. The minimum Gasteiger partial charge on any atom is -0.295 e. The van der Waals surface area contributed by atoms with Crippen molar-refractivity contribution in [2.45, 2.75) is 104 Å². The number of likely N-dealkylation sites (tertiary alicyclic amines) is 1. The van der Waals surface area contributed by atoms with Gasteiger partial charge in [-0.05, 0) is 57.3 Å². The van der Waals surface area contributed by atoms with Crippen LogP contribution in [0.3, 0.4) is 0 Å². The second-order valence-electron chi connectivity index (χ2n) is 7.57. The molecule has 1 saturated heterocycles. The highest BCUT2D eigenvalue weighted by molar-refractivity contribution is 4.91. The second-order valence-corrected chi connectivity index (χ2v) is 7.57. The summed E-state index contributed by atoms with van der Waals surface area (Å²) >= 11 is 0. The third-order valence-electron chi connectivity index (χ3n) is 5.44. The Morgan fingerprint density at radius 2 is 1.72 bits per heavy atom. The molecule has 0 spiro atoms. The molecule has 0 unspecified atom stereocenters. The molecule has 2 aliphatic rings. The summed E-state index contributed by atoms with van der Waals surface area (Å²) in [5.41, 5.74) is 0.607. The van der Waals surface area contributed by atoms with Crippen LogP contribution in [0.15, 0.2) is 0 Å². The molecule has 18 heavy (non-hydrogen) atoms. The summed E-state index contributed by atoms with van der Waals surface area (Å²) in [5, 5.41) is 0. The number of hydrogen-bond donors (Lipinski definition) is 0.